The first kappa shape index (κ1) is 16.2. The number of carbonyl (C=O) groups excluding carboxylic acids is 1. The van der Waals surface area contributed by atoms with Gasteiger partial charge in [-0.05, 0) is 17.2 Å². The van der Waals surface area contributed by atoms with Crippen LogP contribution in [0, 0.1) is 0 Å². The Kier molecular flexibility index (Phi) is 6.13. The number of hydrogen-bond acceptors (Lipinski definition) is 4. The maximum atomic E-state index is 11.8. The third-order valence-electron chi connectivity index (χ3n) is 3.48. The Labute approximate surface area is 131 Å². The maximum absolute atomic E-state index is 11.8. The zero-order chi connectivity index (χ0) is 15.8. The summed E-state index contributed by atoms with van der Waals surface area (Å²) in [5, 5.41) is 9.28. The lowest BCUT2D eigenvalue weighted by molar-refractivity contribution is 0.0598. The van der Waals surface area contributed by atoms with Gasteiger partial charge < -0.3 is 9.84 Å². The largest absolute Gasteiger partial charge is 0.465 e. The molecule has 2 aromatic rings. The molecule has 22 heavy (non-hydrogen) atoms. The molecule has 0 radical (unpaired) electrons. The Hall–Kier alpha value is -2.17. The smallest absolute Gasteiger partial charge is 0.338 e. The number of hydrogen-bond donors (Lipinski definition) is 1. The fourth-order valence-corrected chi connectivity index (χ4v) is 2.41. The Balaban J connectivity index is 2.16. The van der Waals surface area contributed by atoms with Gasteiger partial charge in [0.05, 0.1) is 19.3 Å². The number of aliphatic hydroxyl groups is 1. The van der Waals surface area contributed by atoms with Crippen LogP contribution in [0.5, 0.6) is 0 Å². The molecule has 2 aromatic carbocycles. The average molecular weight is 299 g/mol. The van der Waals surface area contributed by atoms with Crippen LogP contribution in [0.15, 0.2) is 54.6 Å². The van der Waals surface area contributed by atoms with Crippen molar-refractivity contribution in [1.82, 2.24) is 4.90 Å². The normalized spacial score (nSPS) is 10.7. The molecule has 0 aliphatic heterocycles. The standard InChI is InChI=1S/C18H21NO3/c1-22-18(21)17-10-6-5-9-16(17)14-19(11-12-20)13-15-7-3-2-4-8-15/h2-10,20H,11-14H2,1H3. The van der Waals surface area contributed by atoms with Gasteiger partial charge in [-0.25, -0.2) is 4.79 Å². The van der Waals surface area contributed by atoms with Crippen molar-refractivity contribution in [3.8, 4) is 0 Å². The molecule has 0 unspecified atom stereocenters. The predicted octanol–water partition coefficient (Wildman–Crippen LogP) is 2.47. The second kappa shape index (κ2) is 8.32. The summed E-state index contributed by atoms with van der Waals surface area (Å²) >= 11 is 0. The first-order valence-electron chi connectivity index (χ1n) is 7.28. The van der Waals surface area contributed by atoms with E-state index in [-0.39, 0.29) is 12.6 Å². The van der Waals surface area contributed by atoms with Gasteiger partial charge in [0, 0.05) is 19.6 Å². The van der Waals surface area contributed by atoms with Crippen molar-refractivity contribution < 1.29 is 14.6 Å². The molecular formula is C18H21NO3. The summed E-state index contributed by atoms with van der Waals surface area (Å²) < 4.78 is 4.83. The molecule has 0 aliphatic carbocycles. The molecule has 0 heterocycles. The molecule has 0 aliphatic rings. The first-order valence-corrected chi connectivity index (χ1v) is 7.28. The highest BCUT2D eigenvalue weighted by atomic mass is 16.5. The molecule has 0 saturated carbocycles. The third kappa shape index (κ3) is 4.41. The van der Waals surface area contributed by atoms with E-state index < -0.39 is 0 Å². The molecule has 4 heteroatoms. The van der Waals surface area contributed by atoms with Gasteiger partial charge in [-0.3, -0.25) is 4.90 Å². The molecule has 0 atom stereocenters. The van der Waals surface area contributed by atoms with Crippen molar-refractivity contribution >= 4 is 5.97 Å². The van der Waals surface area contributed by atoms with E-state index in [1.165, 1.54) is 12.7 Å². The third-order valence-corrected chi connectivity index (χ3v) is 3.48. The lowest BCUT2D eigenvalue weighted by Crippen LogP contribution is -2.27. The number of rotatable bonds is 7. The number of ether oxygens (including phenoxy) is 1. The molecule has 0 aromatic heterocycles. The van der Waals surface area contributed by atoms with Gasteiger partial charge in [0.1, 0.15) is 0 Å². The molecule has 0 fully saturated rings. The zero-order valence-electron chi connectivity index (χ0n) is 12.7. The van der Waals surface area contributed by atoms with Gasteiger partial charge in [-0.2, -0.15) is 0 Å². The van der Waals surface area contributed by atoms with E-state index in [9.17, 15) is 9.90 Å². The second-order valence-corrected chi connectivity index (χ2v) is 5.07. The molecular weight excluding hydrogens is 278 g/mol. The van der Waals surface area contributed by atoms with Crippen LogP contribution in [-0.4, -0.2) is 36.2 Å². The minimum absolute atomic E-state index is 0.0766. The van der Waals surface area contributed by atoms with Crippen LogP contribution in [0.2, 0.25) is 0 Å². The molecule has 2 rings (SSSR count). The quantitative estimate of drug-likeness (QED) is 0.798. The number of methoxy groups -OCH3 is 1. The Morgan fingerprint density at radius 2 is 1.73 bits per heavy atom. The van der Waals surface area contributed by atoms with E-state index in [0.717, 1.165) is 12.1 Å². The van der Waals surface area contributed by atoms with Crippen LogP contribution in [0.4, 0.5) is 0 Å². The van der Waals surface area contributed by atoms with Crippen LogP contribution >= 0.6 is 0 Å². The Bertz CT molecular complexity index is 598. The van der Waals surface area contributed by atoms with E-state index in [1.807, 2.05) is 36.4 Å². The average Bonchev–Trinajstić information content (AvgIpc) is 2.56. The lowest BCUT2D eigenvalue weighted by Gasteiger charge is -2.22. The van der Waals surface area contributed by atoms with Gasteiger partial charge in [0.2, 0.25) is 0 Å². The predicted molar refractivity (Wildman–Crippen MR) is 85.4 cm³/mol. The molecule has 0 spiro atoms. The minimum atomic E-state index is -0.334. The molecule has 116 valence electrons. The first-order chi connectivity index (χ1) is 10.7. The molecule has 0 amide bonds. The van der Waals surface area contributed by atoms with Crippen molar-refractivity contribution in [3.05, 3.63) is 71.3 Å². The Morgan fingerprint density at radius 3 is 2.41 bits per heavy atom. The summed E-state index contributed by atoms with van der Waals surface area (Å²) in [6, 6.07) is 17.5. The molecule has 1 N–H and O–H groups in total. The number of nitrogens with zero attached hydrogens (tertiary/aromatic N) is 1. The van der Waals surface area contributed by atoms with Gasteiger partial charge in [0.25, 0.3) is 0 Å². The van der Waals surface area contributed by atoms with Crippen molar-refractivity contribution in [2.45, 2.75) is 13.1 Å². The highest BCUT2D eigenvalue weighted by Gasteiger charge is 2.14. The highest BCUT2D eigenvalue weighted by molar-refractivity contribution is 5.90. The molecule has 0 saturated heterocycles. The summed E-state index contributed by atoms with van der Waals surface area (Å²) in [5.74, 6) is -0.334. The Morgan fingerprint density at radius 1 is 1.05 bits per heavy atom. The van der Waals surface area contributed by atoms with E-state index in [2.05, 4.69) is 17.0 Å². The number of benzene rings is 2. The van der Waals surface area contributed by atoms with Crippen molar-refractivity contribution in [1.29, 1.82) is 0 Å². The molecule has 4 nitrogen and oxygen atoms in total. The van der Waals surface area contributed by atoms with Crippen LogP contribution in [0.1, 0.15) is 21.5 Å². The topological polar surface area (TPSA) is 49.8 Å². The summed E-state index contributed by atoms with van der Waals surface area (Å²) in [6.45, 7) is 1.93. The number of esters is 1. The number of carbonyl (C=O) groups is 1. The highest BCUT2D eigenvalue weighted by Crippen LogP contribution is 2.15. The van der Waals surface area contributed by atoms with Crippen molar-refractivity contribution in [2.75, 3.05) is 20.3 Å². The van der Waals surface area contributed by atoms with E-state index in [0.29, 0.717) is 18.7 Å². The van der Waals surface area contributed by atoms with E-state index in [1.54, 1.807) is 6.07 Å². The summed E-state index contributed by atoms with van der Waals surface area (Å²) in [7, 11) is 1.38. The number of aliphatic hydroxyl groups excluding tert-OH is 1. The van der Waals surface area contributed by atoms with Gasteiger partial charge >= 0.3 is 5.97 Å². The van der Waals surface area contributed by atoms with Crippen LogP contribution in [-0.2, 0) is 17.8 Å². The monoisotopic (exact) mass is 299 g/mol. The van der Waals surface area contributed by atoms with E-state index in [4.69, 9.17) is 4.74 Å². The van der Waals surface area contributed by atoms with Crippen LogP contribution < -0.4 is 0 Å². The van der Waals surface area contributed by atoms with E-state index >= 15 is 0 Å². The summed E-state index contributed by atoms with van der Waals surface area (Å²) in [6.07, 6.45) is 0. The van der Waals surface area contributed by atoms with Crippen molar-refractivity contribution in [2.24, 2.45) is 0 Å². The summed E-state index contributed by atoms with van der Waals surface area (Å²) in [4.78, 5) is 14.0. The van der Waals surface area contributed by atoms with Gasteiger partial charge in [-0.1, -0.05) is 48.5 Å². The van der Waals surface area contributed by atoms with Gasteiger partial charge in [-0.15, -0.1) is 0 Å². The fraction of sp³-hybridized carbons (Fsp3) is 0.278. The summed E-state index contributed by atoms with van der Waals surface area (Å²) in [5.41, 5.74) is 2.64. The maximum Gasteiger partial charge on any atom is 0.338 e. The minimum Gasteiger partial charge on any atom is -0.465 e. The molecule has 0 bridgehead atoms. The van der Waals surface area contributed by atoms with Crippen LogP contribution in [0.3, 0.4) is 0 Å². The van der Waals surface area contributed by atoms with Gasteiger partial charge in [0.15, 0.2) is 0 Å². The van der Waals surface area contributed by atoms with Crippen LogP contribution in [0.25, 0.3) is 0 Å². The second-order valence-electron chi connectivity index (χ2n) is 5.07. The SMILES string of the molecule is COC(=O)c1ccccc1CN(CCO)Cc1ccccc1. The lowest BCUT2D eigenvalue weighted by atomic mass is 10.1. The fourth-order valence-electron chi connectivity index (χ4n) is 2.41. The zero-order valence-corrected chi connectivity index (χ0v) is 12.7. The van der Waals surface area contributed by atoms with Crippen molar-refractivity contribution in [3.63, 3.8) is 0 Å².